The van der Waals surface area contributed by atoms with Crippen LogP contribution >= 0.6 is 11.6 Å². The summed E-state index contributed by atoms with van der Waals surface area (Å²) >= 11 is 4.32. The van der Waals surface area contributed by atoms with E-state index < -0.39 is 16.9 Å². The van der Waals surface area contributed by atoms with Gasteiger partial charge in [-0.05, 0) is 18.5 Å². The molecule has 0 aromatic carbocycles. The van der Waals surface area contributed by atoms with Crippen molar-refractivity contribution in [2.45, 2.75) is 12.3 Å². The Labute approximate surface area is 61.1 Å². The summed E-state index contributed by atoms with van der Waals surface area (Å²) in [7, 11) is 0. The van der Waals surface area contributed by atoms with Crippen molar-refractivity contribution in [1.29, 1.82) is 0 Å². The zero-order valence-electron chi connectivity index (χ0n) is 5.07. The molecule has 0 fully saturated rings. The Bertz CT molecular complexity index is 171. The van der Waals surface area contributed by atoms with Gasteiger partial charge < -0.3 is 5.11 Å². The fraction of sp³-hybridized carbons (Fsp3) is 0.400. The Morgan fingerprint density at radius 3 is 2.20 bits per heavy atom. The lowest BCUT2D eigenvalue weighted by molar-refractivity contribution is -0.113. The van der Waals surface area contributed by atoms with Gasteiger partial charge in [-0.25, -0.2) is 0 Å². The number of halogens is 3. The van der Waals surface area contributed by atoms with Crippen molar-refractivity contribution in [1.82, 2.24) is 0 Å². The average molecular weight is 171 g/mol. The molecule has 0 spiro atoms. The fourth-order valence-electron chi connectivity index (χ4n) is 0.274. The minimum absolute atomic E-state index is 0.368. The van der Waals surface area contributed by atoms with Gasteiger partial charge in [-0.15, -0.1) is 0 Å². The van der Waals surface area contributed by atoms with Crippen LogP contribution in [0.4, 0.5) is 8.78 Å². The van der Waals surface area contributed by atoms with Gasteiger partial charge in [0.15, 0.2) is 11.5 Å². The van der Waals surface area contributed by atoms with Crippen LogP contribution in [0.2, 0.25) is 0 Å². The first-order valence-corrected chi connectivity index (χ1v) is 2.70. The smallest absolute Gasteiger partial charge is 0.379 e. The van der Waals surface area contributed by atoms with Crippen molar-refractivity contribution < 1.29 is 18.7 Å². The van der Waals surface area contributed by atoms with E-state index in [4.69, 9.17) is 5.11 Å². The van der Waals surface area contributed by atoms with Gasteiger partial charge in [0.25, 0.3) is 0 Å². The zero-order valence-corrected chi connectivity index (χ0v) is 5.82. The first kappa shape index (κ1) is 9.36. The van der Waals surface area contributed by atoms with E-state index in [1.54, 1.807) is 0 Å². The second-order valence-corrected chi connectivity index (χ2v) is 2.11. The number of alkyl halides is 3. The average Bonchev–Trinajstić information content (AvgIpc) is 1.60. The highest BCUT2D eigenvalue weighted by Gasteiger charge is 2.30. The molecule has 5 heteroatoms. The summed E-state index contributed by atoms with van der Waals surface area (Å²) < 4.78 is 23.5. The van der Waals surface area contributed by atoms with E-state index in [1.165, 1.54) is 0 Å². The number of rotatable bonds is 2. The highest BCUT2D eigenvalue weighted by molar-refractivity contribution is 6.23. The predicted octanol–water partition coefficient (Wildman–Crippen LogP) is 1.85. The Morgan fingerprint density at radius 2 is 2.10 bits per heavy atom. The van der Waals surface area contributed by atoms with E-state index >= 15 is 0 Å². The standard InChI is InChI=1S/C5H5ClF2O2/c1-3(9)2-4(10)5(6,7)8/h2,10H,1H3/b4-2-. The van der Waals surface area contributed by atoms with Crippen LogP contribution in [0.5, 0.6) is 0 Å². The van der Waals surface area contributed by atoms with Gasteiger partial charge >= 0.3 is 5.38 Å². The van der Waals surface area contributed by atoms with E-state index in [0.29, 0.717) is 6.08 Å². The molecule has 0 rings (SSSR count). The molecule has 0 atom stereocenters. The molecule has 0 aliphatic heterocycles. The van der Waals surface area contributed by atoms with Crippen molar-refractivity contribution in [2.24, 2.45) is 0 Å². The van der Waals surface area contributed by atoms with Crippen LogP contribution in [-0.2, 0) is 4.79 Å². The highest BCUT2D eigenvalue weighted by Crippen LogP contribution is 2.26. The van der Waals surface area contributed by atoms with Gasteiger partial charge in [0.05, 0.1) is 0 Å². The van der Waals surface area contributed by atoms with Crippen LogP contribution in [0.1, 0.15) is 6.92 Å². The summed E-state index contributed by atoms with van der Waals surface area (Å²) in [5.74, 6) is -2.11. The lowest BCUT2D eigenvalue weighted by atomic mass is 10.3. The van der Waals surface area contributed by atoms with Crippen LogP contribution in [0, 0.1) is 0 Å². The number of carbonyl (C=O) groups excluding carboxylic acids is 1. The third-order valence-electron chi connectivity index (χ3n) is 0.630. The number of hydrogen-bond acceptors (Lipinski definition) is 2. The SMILES string of the molecule is CC(=O)/C=C(\O)C(F)(F)Cl. The second kappa shape index (κ2) is 2.96. The Hall–Kier alpha value is -0.640. The van der Waals surface area contributed by atoms with Crippen LogP contribution in [0.25, 0.3) is 0 Å². The van der Waals surface area contributed by atoms with Gasteiger partial charge in [-0.3, -0.25) is 4.79 Å². The Balaban J connectivity index is 4.35. The summed E-state index contributed by atoms with van der Waals surface area (Å²) in [6.07, 6.45) is 0.368. The normalized spacial score (nSPS) is 13.4. The first-order chi connectivity index (χ1) is 4.34. The number of ketones is 1. The molecular formula is C5H5ClF2O2. The van der Waals surface area contributed by atoms with Crippen molar-refractivity contribution in [2.75, 3.05) is 0 Å². The van der Waals surface area contributed by atoms with Gasteiger partial charge in [0.1, 0.15) is 0 Å². The largest absolute Gasteiger partial charge is 0.505 e. The van der Waals surface area contributed by atoms with E-state index in [1.807, 2.05) is 0 Å². The molecule has 0 saturated carbocycles. The minimum Gasteiger partial charge on any atom is -0.505 e. The maximum Gasteiger partial charge on any atom is 0.379 e. The lowest BCUT2D eigenvalue weighted by Crippen LogP contribution is -2.10. The predicted molar refractivity (Wildman–Crippen MR) is 32.2 cm³/mol. The molecule has 2 nitrogen and oxygen atoms in total. The molecule has 0 aromatic heterocycles. The summed E-state index contributed by atoms with van der Waals surface area (Å²) in [4.78, 5) is 10.1. The van der Waals surface area contributed by atoms with Crippen molar-refractivity contribution in [3.63, 3.8) is 0 Å². The molecule has 58 valence electrons. The topological polar surface area (TPSA) is 37.3 Å². The van der Waals surface area contributed by atoms with Gasteiger partial charge in [-0.1, -0.05) is 0 Å². The molecule has 0 unspecified atom stereocenters. The second-order valence-electron chi connectivity index (χ2n) is 1.64. The maximum atomic E-state index is 11.8. The van der Waals surface area contributed by atoms with Gasteiger partial charge in [-0.2, -0.15) is 8.78 Å². The Kier molecular flexibility index (Phi) is 2.77. The lowest BCUT2D eigenvalue weighted by Gasteiger charge is -2.03. The third kappa shape index (κ3) is 3.40. The molecule has 0 bridgehead atoms. The monoisotopic (exact) mass is 170 g/mol. The van der Waals surface area contributed by atoms with Crippen LogP contribution in [0.3, 0.4) is 0 Å². The molecule has 0 aliphatic carbocycles. The molecule has 0 aliphatic rings. The first-order valence-electron chi connectivity index (χ1n) is 2.32. The van der Waals surface area contributed by atoms with E-state index in [9.17, 15) is 13.6 Å². The fourth-order valence-corrected chi connectivity index (χ4v) is 0.329. The molecule has 0 saturated heterocycles. The molecule has 0 radical (unpaired) electrons. The third-order valence-corrected chi connectivity index (χ3v) is 0.824. The van der Waals surface area contributed by atoms with E-state index in [2.05, 4.69) is 11.6 Å². The number of hydrogen-bond donors (Lipinski definition) is 1. The quantitative estimate of drug-likeness (QED) is 0.390. The summed E-state index contributed by atoms with van der Waals surface area (Å²) in [6.45, 7) is 1.03. The number of allylic oxidation sites excluding steroid dienone is 2. The minimum atomic E-state index is -3.84. The number of aliphatic hydroxyl groups is 1. The Morgan fingerprint density at radius 1 is 1.70 bits per heavy atom. The van der Waals surface area contributed by atoms with Crippen LogP contribution < -0.4 is 0 Å². The zero-order chi connectivity index (χ0) is 8.36. The summed E-state index contributed by atoms with van der Waals surface area (Å²) in [5, 5.41) is 4.47. The van der Waals surface area contributed by atoms with E-state index in [0.717, 1.165) is 6.92 Å². The van der Waals surface area contributed by atoms with Crippen molar-refractivity contribution >= 4 is 17.4 Å². The van der Waals surface area contributed by atoms with Crippen molar-refractivity contribution in [3.8, 4) is 0 Å². The molecule has 1 N–H and O–H groups in total. The summed E-state index contributed by atoms with van der Waals surface area (Å²) in [5.41, 5.74) is 0. The molecule has 0 amide bonds. The van der Waals surface area contributed by atoms with Crippen LogP contribution in [-0.4, -0.2) is 16.3 Å². The molecule has 0 heterocycles. The molecule has 0 aromatic rings. The molecular weight excluding hydrogens is 166 g/mol. The number of aliphatic hydroxyl groups excluding tert-OH is 1. The van der Waals surface area contributed by atoms with Gasteiger partial charge in [0.2, 0.25) is 0 Å². The van der Waals surface area contributed by atoms with Gasteiger partial charge in [0, 0.05) is 6.08 Å². The summed E-state index contributed by atoms with van der Waals surface area (Å²) in [6, 6.07) is 0. The van der Waals surface area contributed by atoms with Crippen LogP contribution in [0.15, 0.2) is 11.8 Å². The number of carbonyl (C=O) groups is 1. The highest BCUT2D eigenvalue weighted by atomic mass is 35.5. The molecule has 10 heavy (non-hydrogen) atoms. The van der Waals surface area contributed by atoms with E-state index in [-0.39, 0.29) is 0 Å². The van der Waals surface area contributed by atoms with Crippen molar-refractivity contribution in [3.05, 3.63) is 11.8 Å². The maximum absolute atomic E-state index is 11.8.